The first-order valence-electron chi connectivity index (χ1n) is 31.6. The molecule has 0 aliphatic heterocycles. The van der Waals surface area contributed by atoms with Crippen molar-refractivity contribution in [2.75, 3.05) is 0 Å². The minimum atomic E-state index is 0.593. The summed E-state index contributed by atoms with van der Waals surface area (Å²) in [7, 11) is 0. The lowest BCUT2D eigenvalue weighted by atomic mass is 9.95. The fraction of sp³-hybridized carbons (Fsp3) is 0. The standard InChI is InChI=1S/C84H48N8S3/c1-3-19-49(20-4-1)79-85-81(89-84(88-79)55-39-42-62-60-29-9-14-34-70(60)93-73(62)47-55)51-37-40-56(41-38-51)91-69-33-13-8-28-59(69)67-48-66(74-65-31-11-16-36-72(65)95-78(74)76(67)91)52-23-17-24-53(45-52)82-86-80(50-21-5-2-6-22-50)87-83(90-82)54-25-18-26-57(46-54)92-68-32-12-7-27-58(68)63-43-44-64-61-30-10-15-35-71(61)94-77(64)75(63)92/h1-48H. The van der Waals surface area contributed by atoms with E-state index in [4.69, 9.17) is 29.9 Å². The van der Waals surface area contributed by atoms with E-state index in [1.807, 2.05) is 59.1 Å². The molecule has 0 saturated carbocycles. The van der Waals surface area contributed by atoms with E-state index < -0.39 is 0 Å². The highest BCUT2D eigenvalue weighted by atomic mass is 32.1. The fourth-order valence-electron chi connectivity index (χ4n) is 14.3. The predicted molar refractivity (Wildman–Crippen MR) is 399 cm³/mol. The maximum atomic E-state index is 5.43. The van der Waals surface area contributed by atoms with Gasteiger partial charge in [-0.15, -0.1) is 34.0 Å². The lowest BCUT2D eigenvalue weighted by molar-refractivity contribution is 1.07. The van der Waals surface area contributed by atoms with E-state index in [1.165, 1.54) is 87.6 Å². The quantitative estimate of drug-likeness (QED) is 0.143. The van der Waals surface area contributed by atoms with Gasteiger partial charge in [0.2, 0.25) is 0 Å². The third-order valence-corrected chi connectivity index (χ3v) is 22.1. The first-order valence-corrected chi connectivity index (χ1v) is 34.1. The molecule has 0 amide bonds. The van der Waals surface area contributed by atoms with Gasteiger partial charge in [-0.1, -0.05) is 206 Å². The molecule has 7 heterocycles. The molecule has 0 fully saturated rings. The Bertz CT molecular complexity index is 6540. The zero-order chi connectivity index (χ0) is 62.2. The Morgan fingerprint density at radius 2 is 0.632 bits per heavy atom. The van der Waals surface area contributed by atoms with Crippen LogP contribution in [0.5, 0.6) is 0 Å². The Balaban J connectivity index is 0.719. The minimum Gasteiger partial charge on any atom is -0.308 e. The highest BCUT2D eigenvalue weighted by Crippen LogP contribution is 2.49. The van der Waals surface area contributed by atoms with Gasteiger partial charge in [-0.05, 0) is 96.1 Å². The number of fused-ring (bicyclic) bond motifs is 17. The van der Waals surface area contributed by atoms with Crippen molar-refractivity contribution in [2.24, 2.45) is 0 Å². The van der Waals surface area contributed by atoms with Gasteiger partial charge in [-0.2, -0.15) is 0 Å². The summed E-state index contributed by atoms with van der Waals surface area (Å²) in [5, 5.41) is 12.2. The van der Waals surface area contributed by atoms with E-state index in [2.05, 4.69) is 264 Å². The van der Waals surface area contributed by atoms with Crippen molar-refractivity contribution in [3.8, 4) is 90.8 Å². The van der Waals surface area contributed by atoms with Gasteiger partial charge in [0.05, 0.1) is 31.5 Å². The predicted octanol–water partition coefficient (Wildman–Crippen LogP) is 23.0. The van der Waals surface area contributed by atoms with Crippen molar-refractivity contribution >= 4 is 138 Å². The summed E-state index contributed by atoms with van der Waals surface area (Å²) in [6, 6.07) is 104. The Hall–Kier alpha value is -11.9. The maximum absolute atomic E-state index is 5.43. The largest absolute Gasteiger partial charge is 0.308 e. The second-order valence-corrected chi connectivity index (χ2v) is 27.3. The van der Waals surface area contributed by atoms with Gasteiger partial charge in [-0.3, -0.25) is 0 Å². The Morgan fingerprint density at radius 1 is 0.221 bits per heavy atom. The first-order chi connectivity index (χ1) is 47.1. The molecule has 0 atom stereocenters. The molecular formula is C84H48N8S3. The Kier molecular flexibility index (Phi) is 12.1. The molecule has 442 valence electrons. The molecule has 0 aliphatic rings. The third-order valence-electron chi connectivity index (χ3n) is 18.6. The second kappa shape index (κ2) is 21.4. The molecule has 0 bridgehead atoms. The summed E-state index contributed by atoms with van der Waals surface area (Å²) in [5.74, 6) is 3.67. The summed E-state index contributed by atoms with van der Waals surface area (Å²) in [6.07, 6.45) is 0. The fourth-order valence-corrected chi connectivity index (χ4v) is 17.9. The van der Waals surface area contributed by atoms with Crippen molar-refractivity contribution in [3.63, 3.8) is 0 Å². The van der Waals surface area contributed by atoms with Crippen LogP contribution in [0.3, 0.4) is 0 Å². The van der Waals surface area contributed by atoms with Crippen LogP contribution in [0.15, 0.2) is 291 Å². The van der Waals surface area contributed by atoms with Crippen LogP contribution >= 0.6 is 34.0 Å². The number of para-hydroxylation sites is 2. The van der Waals surface area contributed by atoms with Gasteiger partial charge in [-0.25, -0.2) is 29.9 Å². The SMILES string of the molecule is c1ccc(-c2nc(-c3cccc(-c4cc5c6ccccc6n(-c6ccc(-c7nc(-c8ccccc8)nc(-c8ccc9c(c8)sc8ccccc89)n7)cc6)c5c5sc6ccccc6c45)c3)nc(-c3cccc(-n4c5ccccc5c5ccc6c7ccccc7sc6c54)c3)n2)cc1. The van der Waals surface area contributed by atoms with Gasteiger partial charge in [0.1, 0.15) is 0 Å². The summed E-state index contributed by atoms with van der Waals surface area (Å²) >= 11 is 5.50. The third kappa shape index (κ3) is 8.64. The molecule has 20 rings (SSSR count). The summed E-state index contributed by atoms with van der Waals surface area (Å²) in [4.78, 5) is 31.5. The minimum absolute atomic E-state index is 0.593. The number of hydrogen-bond donors (Lipinski definition) is 0. The topological polar surface area (TPSA) is 87.2 Å². The molecule has 8 nitrogen and oxygen atoms in total. The molecule has 11 heteroatoms. The summed E-state index contributed by atoms with van der Waals surface area (Å²) in [6.45, 7) is 0. The van der Waals surface area contributed by atoms with Crippen molar-refractivity contribution in [2.45, 2.75) is 0 Å². The molecule has 0 unspecified atom stereocenters. The number of hydrogen-bond acceptors (Lipinski definition) is 9. The van der Waals surface area contributed by atoms with Crippen LogP contribution in [-0.2, 0) is 0 Å². The molecule has 7 aromatic heterocycles. The van der Waals surface area contributed by atoms with Crippen LogP contribution in [-0.4, -0.2) is 39.0 Å². The van der Waals surface area contributed by atoms with E-state index in [0.29, 0.717) is 34.9 Å². The molecule has 20 aromatic rings. The summed E-state index contributed by atoms with van der Waals surface area (Å²) in [5.41, 5.74) is 14.4. The van der Waals surface area contributed by atoms with Crippen molar-refractivity contribution in [1.29, 1.82) is 0 Å². The highest BCUT2D eigenvalue weighted by Gasteiger charge is 2.25. The zero-order valence-electron chi connectivity index (χ0n) is 50.5. The van der Waals surface area contributed by atoms with Crippen LogP contribution in [0, 0.1) is 0 Å². The number of thiophene rings is 3. The molecule has 13 aromatic carbocycles. The van der Waals surface area contributed by atoms with Crippen LogP contribution in [0.1, 0.15) is 0 Å². The van der Waals surface area contributed by atoms with E-state index >= 15 is 0 Å². The number of rotatable bonds is 9. The molecule has 95 heavy (non-hydrogen) atoms. The number of nitrogens with zero attached hydrogens (tertiary/aromatic N) is 8. The smallest absolute Gasteiger partial charge is 0.164 e. The number of benzene rings is 13. The Morgan fingerprint density at radius 3 is 1.28 bits per heavy atom. The Labute approximate surface area is 555 Å². The van der Waals surface area contributed by atoms with Crippen LogP contribution in [0.2, 0.25) is 0 Å². The van der Waals surface area contributed by atoms with Crippen molar-refractivity contribution in [1.82, 2.24) is 39.0 Å². The molecule has 0 saturated heterocycles. The van der Waals surface area contributed by atoms with E-state index in [9.17, 15) is 0 Å². The average Bonchev–Trinajstić information content (AvgIpc) is 1.56. The molecular weight excluding hydrogens is 1220 g/mol. The van der Waals surface area contributed by atoms with Crippen LogP contribution < -0.4 is 0 Å². The van der Waals surface area contributed by atoms with Gasteiger partial charge >= 0.3 is 0 Å². The monoisotopic (exact) mass is 1260 g/mol. The molecule has 0 spiro atoms. The van der Waals surface area contributed by atoms with Gasteiger partial charge in [0, 0.05) is 117 Å². The number of aromatic nitrogens is 8. The van der Waals surface area contributed by atoms with Gasteiger partial charge < -0.3 is 9.13 Å². The molecule has 0 aliphatic carbocycles. The molecule has 0 N–H and O–H groups in total. The highest BCUT2D eigenvalue weighted by molar-refractivity contribution is 7.27. The van der Waals surface area contributed by atoms with Crippen molar-refractivity contribution in [3.05, 3.63) is 291 Å². The lowest BCUT2D eigenvalue weighted by Crippen LogP contribution is -2.01. The van der Waals surface area contributed by atoms with E-state index in [1.54, 1.807) is 11.3 Å². The van der Waals surface area contributed by atoms with Crippen LogP contribution in [0.25, 0.3) is 195 Å². The molecule has 0 radical (unpaired) electrons. The van der Waals surface area contributed by atoms with E-state index in [-0.39, 0.29) is 0 Å². The van der Waals surface area contributed by atoms with Gasteiger partial charge in [0.15, 0.2) is 34.9 Å². The van der Waals surface area contributed by atoms with E-state index in [0.717, 1.165) is 72.4 Å². The zero-order valence-corrected chi connectivity index (χ0v) is 53.0. The second-order valence-electron chi connectivity index (χ2n) is 24.1. The first kappa shape index (κ1) is 53.8. The van der Waals surface area contributed by atoms with Crippen LogP contribution in [0.4, 0.5) is 0 Å². The summed E-state index contributed by atoms with van der Waals surface area (Å²) < 4.78 is 12.3. The average molecular weight is 1270 g/mol. The lowest BCUT2D eigenvalue weighted by Gasteiger charge is -2.13. The maximum Gasteiger partial charge on any atom is 0.164 e. The van der Waals surface area contributed by atoms with Gasteiger partial charge in [0.25, 0.3) is 0 Å². The normalized spacial score (nSPS) is 12.0. The van der Waals surface area contributed by atoms with Crippen molar-refractivity contribution < 1.29 is 0 Å².